The number of likely N-dealkylation sites (tertiary alicyclic amines) is 3. The molecule has 0 aliphatic carbocycles. The summed E-state index contributed by atoms with van der Waals surface area (Å²) in [5.74, 6) is 1.82. The highest BCUT2D eigenvalue weighted by atomic mass is 35.5. The molecule has 30 nitrogen and oxygen atoms in total. The number of hydrogen-bond donors (Lipinski definition) is 2. The second kappa shape index (κ2) is 43.7. The van der Waals surface area contributed by atoms with Gasteiger partial charge in [-0.25, -0.2) is 30.7 Å². The second-order valence-electron chi connectivity index (χ2n) is 37.8. The summed E-state index contributed by atoms with van der Waals surface area (Å²) < 4.78 is 80.5. The third-order valence-corrected chi connectivity index (χ3v) is 28.3. The molecule has 6 saturated heterocycles. The van der Waals surface area contributed by atoms with Gasteiger partial charge < -0.3 is 77.8 Å². The van der Waals surface area contributed by atoms with Gasteiger partial charge in [0.1, 0.15) is 73.0 Å². The largest absolute Gasteiger partial charge is 0.462 e. The zero-order chi connectivity index (χ0) is 95.9. The van der Waals surface area contributed by atoms with Crippen molar-refractivity contribution < 1.29 is 56.0 Å². The first-order chi connectivity index (χ1) is 65.5. The summed E-state index contributed by atoms with van der Waals surface area (Å²) in [6, 6.07) is 26.2. The van der Waals surface area contributed by atoms with Gasteiger partial charge in [0.15, 0.2) is 0 Å². The first-order valence-corrected chi connectivity index (χ1v) is 47.5. The minimum Gasteiger partial charge on any atom is -0.462 e. The van der Waals surface area contributed by atoms with E-state index in [-0.39, 0.29) is 112 Å². The van der Waals surface area contributed by atoms with Crippen LogP contribution in [0.15, 0.2) is 122 Å². The number of amides is 3. The van der Waals surface area contributed by atoms with Crippen LogP contribution in [-0.4, -0.2) is 325 Å². The lowest BCUT2D eigenvalue weighted by Crippen LogP contribution is -2.56. The van der Waals surface area contributed by atoms with E-state index in [0.717, 1.165) is 127 Å². The third-order valence-electron chi connectivity index (χ3n) is 27.6. The lowest BCUT2D eigenvalue weighted by molar-refractivity contribution is -0.129. The number of carbonyl (C=O) groups is 3. The van der Waals surface area contributed by atoms with Crippen LogP contribution in [0.3, 0.4) is 0 Å². The number of benzene rings is 5. The number of aliphatic hydroxyl groups is 1. The predicted molar refractivity (Wildman–Crippen MR) is 532 cm³/mol. The molecule has 8 atom stereocenters. The second-order valence-corrected chi connectivity index (χ2v) is 38.6. The number of likely N-dealkylation sites (N-methyl/N-ethyl adjacent to an activating group) is 3. The maximum Gasteiger partial charge on any atom is 0.318 e. The predicted octanol–water partition coefficient (Wildman–Crippen LogP) is 12.6. The number of aromatic nitrogens is 8. The quantitative estimate of drug-likeness (QED) is 0.0323. The molecule has 0 radical (unpaired) electrons. The number of H-pyrrole nitrogens is 1. The summed E-state index contributed by atoms with van der Waals surface area (Å²) in [7, 11) is 7.31. The van der Waals surface area contributed by atoms with Crippen molar-refractivity contribution in [3.63, 3.8) is 0 Å². The minimum absolute atomic E-state index is 0. The Labute approximate surface area is 814 Å². The van der Waals surface area contributed by atoms with Gasteiger partial charge in [-0.1, -0.05) is 83.9 Å². The molecule has 0 bridgehead atoms. The van der Waals surface area contributed by atoms with Crippen molar-refractivity contribution in [2.75, 3.05) is 215 Å². The molecule has 6 fully saturated rings. The van der Waals surface area contributed by atoms with Crippen LogP contribution in [0.5, 0.6) is 18.0 Å². The monoisotopic (exact) mass is 1940 g/mol. The van der Waals surface area contributed by atoms with Crippen molar-refractivity contribution in [1.82, 2.24) is 69.5 Å². The van der Waals surface area contributed by atoms with Crippen LogP contribution in [0.2, 0.25) is 10.0 Å². The van der Waals surface area contributed by atoms with Gasteiger partial charge in [-0.3, -0.25) is 34.2 Å². The van der Waals surface area contributed by atoms with Gasteiger partial charge >= 0.3 is 18.0 Å². The van der Waals surface area contributed by atoms with Gasteiger partial charge in [0.2, 0.25) is 30.8 Å². The van der Waals surface area contributed by atoms with Crippen LogP contribution >= 0.6 is 36.7 Å². The number of aryl methyl sites for hydroxylation is 1. The van der Waals surface area contributed by atoms with Gasteiger partial charge in [-0.05, 0) is 133 Å². The molecule has 3 unspecified atom stereocenters. The molecule has 5 aromatic carbocycles. The highest BCUT2D eigenvalue weighted by molar-refractivity contribution is 7.59. The molecule has 9 aliphatic heterocycles. The minimum atomic E-state index is -1.27. The summed E-state index contributed by atoms with van der Waals surface area (Å²) >= 11 is 13.4. The number of halogens is 6. The van der Waals surface area contributed by atoms with E-state index in [9.17, 15) is 31.9 Å². The van der Waals surface area contributed by atoms with Gasteiger partial charge in [0.25, 0.3) is 0 Å². The average Bonchev–Trinajstić information content (AvgIpc) is 1.63. The highest BCUT2D eigenvalue weighted by Crippen LogP contribution is 2.44. The zero-order valence-corrected chi connectivity index (χ0v) is 81.7. The first kappa shape index (κ1) is 100. The molecule has 9 aromatic rings. The van der Waals surface area contributed by atoms with E-state index >= 15 is 0 Å². The Morgan fingerprint density at radius 3 is 1.36 bits per heavy atom. The van der Waals surface area contributed by atoms with Crippen molar-refractivity contribution in [3.05, 3.63) is 199 Å². The van der Waals surface area contributed by atoms with Crippen molar-refractivity contribution >= 4 is 121 Å². The standard InChI is InChI=1S/C35H41ClFN7O3.C34H39ClFN7O3.C31H40F2N8O2.H2S/c1-35(37)18-25(41(3)23-35)22-47-34-39-29-21-42(30-11-6-9-24-8-5-10-28(36)32(24)30)14-13-27(29)33(40-34)43-15-16-44(26(20-43)19-38-2)31(45)12-7-17-46-4;1-34(36)17-24(40(3)22-34)21-46-33-38-28-20-41(29-10-5-8-23-7-4-9-27(35)31(23)29)13-12-26(28)32(39-33)42-14-15-43(25(19-42)18-37-2)30(45)11-6-16-44;1-20-14-25-24(16-34-37-25)28(21(20)2)41-9-7-23-26(17-41)35-30(43-18-22-15-31(3,33)19-38(22)4)36-29(23)40-12-10-39(11-13-40)27(42)6-5-8-32;/h5-12,25-26H,13-23H2,1,3-4H3;4-11,24-25,44H,12-22H2,1,3H3;5-6,14,16,22H,7-13,15,17-19H2,1-4H3,(H,34,37);1H2/b12-7+;11-6+;6-5+;/t25-,26-,35?;24-,25-,34?;22-,31?;/m000./s1. The summed E-state index contributed by atoms with van der Waals surface area (Å²) in [6.07, 6.45) is 13.7. The van der Waals surface area contributed by atoms with Crippen molar-refractivity contribution in [3.8, 4) is 18.0 Å². The number of rotatable bonds is 24. The topological polar surface area (TPSA) is 262 Å². The molecule has 3 amide bonds. The molecule has 37 heteroatoms. The van der Waals surface area contributed by atoms with E-state index in [1.807, 2.05) is 78.4 Å². The molecule has 0 saturated carbocycles. The number of aliphatic hydroxyl groups excluding tert-OH is 1. The number of allylic oxidation sites excluding steroid dienone is 1. The Kier molecular flexibility index (Phi) is 31.9. The molecule has 4 aromatic heterocycles. The van der Waals surface area contributed by atoms with Crippen LogP contribution in [0.1, 0.15) is 84.9 Å². The number of carbonyl (C=O) groups excluding carboxylic acids is 3. The van der Waals surface area contributed by atoms with E-state index in [1.54, 1.807) is 48.7 Å². The Hall–Kier alpha value is -11.4. The van der Waals surface area contributed by atoms with E-state index in [1.165, 1.54) is 41.5 Å². The van der Waals surface area contributed by atoms with E-state index in [0.29, 0.717) is 160 Å². The van der Waals surface area contributed by atoms with Crippen molar-refractivity contribution in [2.45, 2.75) is 140 Å². The van der Waals surface area contributed by atoms with E-state index in [2.05, 4.69) is 106 Å². The maximum atomic E-state index is 14.8. The Balaban J connectivity index is 0.000000156. The van der Waals surface area contributed by atoms with Crippen LogP contribution in [0.4, 0.5) is 52.1 Å². The zero-order valence-electron chi connectivity index (χ0n) is 79.2. The number of nitrogens with zero attached hydrogens (tertiary/aromatic N) is 21. The number of methoxy groups -OCH3 is 1. The van der Waals surface area contributed by atoms with E-state index in [4.69, 9.17) is 90.3 Å². The average molecular weight is 1940 g/mol. The number of nitrogens with one attached hydrogen (secondary N) is 1. The van der Waals surface area contributed by atoms with Gasteiger partial charge in [-0.15, -0.1) is 0 Å². The Morgan fingerprint density at radius 2 is 0.942 bits per heavy atom. The van der Waals surface area contributed by atoms with Gasteiger partial charge in [0, 0.05) is 212 Å². The summed E-state index contributed by atoms with van der Waals surface area (Å²) in [6.45, 7) is 34.9. The lowest BCUT2D eigenvalue weighted by Gasteiger charge is -2.41. The molecule has 9 aliphatic rings. The number of fused-ring (bicyclic) bond motifs is 6. The number of aromatic amines is 1. The Bertz CT molecular complexity index is 6040. The number of ether oxygens (including phenoxy) is 4. The molecule has 137 heavy (non-hydrogen) atoms. The smallest absolute Gasteiger partial charge is 0.318 e. The van der Waals surface area contributed by atoms with Crippen molar-refractivity contribution in [1.29, 1.82) is 0 Å². The van der Waals surface area contributed by atoms with Crippen LogP contribution in [0, 0.1) is 27.0 Å². The lowest BCUT2D eigenvalue weighted by atomic mass is 9.99. The fourth-order valence-corrected chi connectivity index (χ4v) is 21.4. The molecule has 18 rings (SSSR count). The van der Waals surface area contributed by atoms with Crippen molar-refractivity contribution in [2.24, 2.45) is 0 Å². The van der Waals surface area contributed by atoms with Crippen LogP contribution < -0.4 is 43.6 Å². The molecule has 0 spiro atoms. The fraction of sp³-hybridized carbons (Fsp3) is 0.500. The summed E-state index contributed by atoms with van der Waals surface area (Å²) in [5.41, 5.74) is 8.61. The first-order valence-electron chi connectivity index (χ1n) is 46.7. The molecular weight excluding hydrogens is 1820 g/mol. The molecular formula is C100H122Cl2F4N22O8S. The normalized spacial score (nSPS) is 23.2. The number of alkyl halides is 4. The third kappa shape index (κ3) is 23.0. The fourth-order valence-electron chi connectivity index (χ4n) is 20.9. The molecule has 13 heterocycles. The van der Waals surface area contributed by atoms with Crippen LogP contribution in [0.25, 0.3) is 42.1 Å². The summed E-state index contributed by atoms with van der Waals surface area (Å²) in [5, 5.41) is 23.2. The van der Waals surface area contributed by atoms with Crippen LogP contribution in [-0.2, 0) is 58.0 Å². The van der Waals surface area contributed by atoms with Gasteiger partial charge in [-0.2, -0.15) is 48.5 Å². The maximum absolute atomic E-state index is 14.8. The SMILES string of the molecule is Cc1cc2[nH]ncc2c(N2CCc3c(nc(OC[C@@H]4CC(C)(F)CN4C)nc3N3CCN(C(=O)/C=C/CF)CC3)C2)c1C.S.[C-]#[N+]C[C@H]1CN(c2nc(OC[C@@H]3CC(C)(F)CN3C)nc3c2CCN(c2cccc4cccc(Cl)c24)C3)CCN1C(=O)/C=C/CO.[C-]#[N+]C[C@H]1CN(c2nc(OC[C@@H]3CC(C)(F)CN3C)nc3c2CCN(c2cccc4cccc(Cl)c24)C3)CCN1C(=O)/C=C/COC. The Morgan fingerprint density at radius 1 is 0.533 bits per heavy atom. The van der Waals surface area contributed by atoms with Gasteiger partial charge in [0.05, 0.1) is 77.4 Å². The summed E-state index contributed by atoms with van der Waals surface area (Å²) in [4.78, 5) is 99.7. The number of piperazine rings is 3. The molecule has 2 N–H and O–H groups in total. The molecule has 728 valence electrons. The number of hydrogen-bond acceptors (Lipinski definition) is 24. The van der Waals surface area contributed by atoms with E-state index < -0.39 is 23.7 Å². The number of anilines is 6. The highest BCUT2D eigenvalue weighted by Gasteiger charge is 2.45.